The Bertz CT molecular complexity index is 1010. The van der Waals surface area contributed by atoms with Gasteiger partial charge in [0.15, 0.2) is 0 Å². The highest BCUT2D eigenvalue weighted by molar-refractivity contribution is 6.08. The first kappa shape index (κ1) is 15.1. The molecule has 4 rings (SSSR count). The Morgan fingerprint density at radius 3 is 2.56 bits per heavy atom. The minimum Gasteiger partial charge on any atom is -0.348 e. The van der Waals surface area contributed by atoms with Crippen LogP contribution in [0, 0.1) is 0 Å². The maximum atomic E-state index is 12.6. The number of nitrogens with zero attached hydrogens (tertiary/aromatic N) is 2. The van der Waals surface area contributed by atoms with E-state index in [-0.39, 0.29) is 5.91 Å². The van der Waals surface area contributed by atoms with Gasteiger partial charge in [-0.3, -0.25) is 14.9 Å². The van der Waals surface area contributed by atoms with E-state index in [0.717, 1.165) is 27.7 Å². The normalized spacial score (nSPS) is 10.7. The SMILES string of the molecule is O=C(NCc1ccccc1)c1cccc2c(-c3ccncc3)n[nH]c12. The van der Waals surface area contributed by atoms with Crippen LogP contribution in [0.3, 0.4) is 0 Å². The average Bonchev–Trinajstić information content (AvgIpc) is 3.12. The Hall–Kier alpha value is -3.47. The molecule has 0 saturated heterocycles. The quantitative estimate of drug-likeness (QED) is 0.602. The van der Waals surface area contributed by atoms with Crippen LogP contribution >= 0.6 is 0 Å². The number of hydrogen-bond acceptors (Lipinski definition) is 3. The maximum Gasteiger partial charge on any atom is 0.253 e. The maximum absolute atomic E-state index is 12.6. The van der Waals surface area contributed by atoms with Crippen molar-refractivity contribution in [1.82, 2.24) is 20.5 Å². The van der Waals surface area contributed by atoms with Gasteiger partial charge in [0.1, 0.15) is 5.69 Å². The highest BCUT2D eigenvalue weighted by Gasteiger charge is 2.15. The summed E-state index contributed by atoms with van der Waals surface area (Å²) >= 11 is 0. The zero-order valence-electron chi connectivity index (χ0n) is 13.4. The van der Waals surface area contributed by atoms with E-state index in [1.165, 1.54) is 0 Å². The predicted octanol–water partition coefficient (Wildman–Crippen LogP) is 3.55. The number of H-pyrrole nitrogens is 1. The molecule has 0 aliphatic heterocycles. The first-order valence-electron chi connectivity index (χ1n) is 8.02. The van der Waals surface area contributed by atoms with E-state index in [1.54, 1.807) is 18.5 Å². The molecule has 0 bridgehead atoms. The molecule has 0 aliphatic rings. The lowest BCUT2D eigenvalue weighted by atomic mass is 10.1. The number of nitrogens with one attached hydrogen (secondary N) is 2. The van der Waals surface area contributed by atoms with E-state index in [4.69, 9.17) is 0 Å². The van der Waals surface area contributed by atoms with Gasteiger partial charge in [0.25, 0.3) is 5.91 Å². The summed E-state index contributed by atoms with van der Waals surface area (Å²) in [5.74, 6) is -0.126. The number of aromatic nitrogens is 3. The van der Waals surface area contributed by atoms with Crippen LogP contribution in [0.25, 0.3) is 22.2 Å². The van der Waals surface area contributed by atoms with Crippen molar-refractivity contribution in [1.29, 1.82) is 0 Å². The summed E-state index contributed by atoms with van der Waals surface area (Å²) in [6.07, 6.45) is 3.46. The fraction of sp³-hybridized carbons (Fsp3) is 0.0500. The Kier molecular flexibility index (Phi) is 3.96. The summed E-state index contributed by atoms with van der Waals surface area (Å²) in [7, 11) is 0. The Labute approximate surface area is 144 Å². The second-order valence-corrected chi connectivity index (χ2v) is 5.70. The number of fused-ring (bicyclic) bond motifs is 1. The number of amides is 1. The minimum atomic E-state index is -0.126. The van der Waals surface area contributed by atoms with Crippen molar-refractivity contribution < 1.29 is 4.79 Å². The summed E-state index contributed by atoms with van der Waals surface area (Å²) in [6, 6.07) is 19.3. The third-order valence-corrected chi connectivity index (χ3v) is 4.09. The molecule has 0 aliphatic carbocycles. The molecule has 0 atom stereocenters. The van der Waals surface area contributed by atoms with Crippen molar-refractivity contribution in [2.45, 2.75) is 6.54 Å². The molecule has 4 aromatic rings. The molecule has 122 valence electrons. The summed E-state index contributed by atoms with van der Waals surface area (Å²) in [4.78, 5) is 16.6. The second kappa shape index (κ2) is 6.57. The number of hydrogen-bond donors (Lipinski definition) is 2. The first-order valence-corrected chi connectivity index (χ1v) is 8.02. The predicted molar refractivity (Wildman–Crippen MR) is 96.9 cm³/mol. The van der Waals surface area contributed by atoms with Gasteiger partial charge in [-0.25, -0.2) is 0 Å². The van der Waals surface area contributed by atoms with Gasteiger partial charge in [0, 0.05) is 29.9 Å². The number of pyridine rings is 1. The molecule has 25 heavy (non-hydrogen) atoms. The highest BCUT2D eigenvalue weighted by Crippen LogP contribution is 2.27. The van der Waals surface area contributed by atoms with Gasteiger partial charge >= 0.3 is 0 Å². The third-order valence-electron chi connectivity index (χ3n) is 4.09. The zero-order valence-corrected chi connectivity index (χ0v) is 13.4. The van der Waals surface area contributed by atoms with Crippen LogP contribution in [0.4, 0.5) is 0 Å². The van der Waals surface area contributed by atoms with Gasteiger partial charge in [-0.15, -0.1) is 0 Å². The minimum absolute atomic E-state index is 0.126. The van der Waals surface area contributed by atoms with Crippen LogP contribution in [0.2, 0.25) is 0 Å². The summed E-state index contributed by atoms with van der Waals surface area (Å²) < 4.78 is 0. The molecule has 2 N–H and O–H groups in total. The van der Waals surface area contributed by atoms with Crippen molar-refractivity contribution in [3.05, 3.63) is 84.2 Å². The molecule has 2 aromatic heterocycles. The van der Waals surface area contributed by atoms with Crippen LogP contribution < -0.4 is 5.32 Å². The number of carbonyl (C=O) groups is 1. The third kappa shape index (κ3) is 2.99. The van der Waals surface area contributed by atoms with Crippen molar-refractivity contribution in [3.63, 3.8) is 0 Å². The number of benzene rings is 2. The van der Waals surface area contributed by atoms with Gasteiger partial charge in [0.05, 0.1) is 11.1 Å². The summed E-state index contributed by atoms with van der Waals surface area (Å²) in [5.41, 5.74) is 4.16. The van der Waals surface area contributed by atoms with Crippen LogP contribution in [-0.2, 0) is 6.54 Å². The number of rotatable bonds is 4. The Morgan fingerprint density at radius 1 is 0.960 bits per heavy atom. The van der Waals surface area contributed by atoms with E-state index in [0.29, 0.717) is 12.1 Å². The van der Waals surface area contributed by atoms with Crippen molar-refractivity contribution >= 4 is 16.8 Å². The summed E-state index contributed by atoms with van der Waals surface area (Å²) in [5, 5.41) is 11.3. The molecule has 0 radical (unpaired) electrons. The van der Waals surface area contributed by atoms with E-state index in [2.05, 4.69) is 20.5 Å². The van der Waals surface area contributed by atoms with Crippen LogP contribution in [0.15, 0.2) is 73.1 Å². The van der Waals surface area contributed by atoms with Crippen molar-refractivity contribution in [2.75, 3.05) is 0 Å². The van der Waals surface area contributed by atoms with Crippen molar-refractivity contribution in [2.24, 2.45) is 0 Å². The average molecular weight is 328 g/mol. The fourth-order valence-electron chi connectivity index (χ4n) is 2.83. The van der Waals surface area contributed by atoms with E-state index >= 15 is 0 Å². The second-order valence-electron chi connectivity index (χ2n) is 5.70. The lowest BCUT2D eigenvalue weighted by Gasteiger charge is -2.06. The molecule has 0 spiro atoms. The molecule has 0 saturated carbocycles. The summed E-state index contributed by atoms with van der Waals surface area (Å²) in [6.45, 7) is 0.488. The molecule has 2 heterocycles. The molecule has 5 nitrogen and oxygen atoms in total. The molecular weight excluding hydrogens is 312 g/mol. The first-order chi connectivity index (χ1) is 12.3. The lowest BCUT2D eigenvalue weighted by molar-refractivity contribution is 0.0952. The van der Waals surface area contributed by atoms with Gasteiger partial charge in [-0.2, -0.15) is 5.10 Å². The molecule has 1 amide bonds. The molecular formula is C20H16N4O. The number of para-hydroxylation sites is 1. The lowest BCUT2D eigenvalue weighted by Crippen LogP contribution is -2.23. The largest absolute Gasteiger partial charge is 0.348 e. The molecule has 0 fully saturated rings. The van der Waals surface area contributed by atoms with Gasteiger partial charge < -0.3 is 5.32 Å². The highest BCUT2D eigenvalue weighted by atomic mass is 16.1. The van der Waals surface area contributed by atoms with Crippen molar-refractivity contribution in [3.8, 4) is 11.3 Å². The Balaban J connectivity index is 1.64. The Morgan fingerprint density at radius 2 is 1.76 bits per heavy atom. The molecule has 5 heteroatoms. The van der Waals surface area contributed by atoms with E-state index in [1.807, 2.05) is 54.6 Å². The fourth-order valence-corrected chi connectivity index (χ4v) is 2.83. The van der Waals surface area contributed by atoms with Gasteiger partial charge in [-0.05, 0) is 23.8 Å². The zero-order chi connectivity index (χ0) is 17.1. The van der Waals surface area contributed by atoms with Crippen LogP contribution in [-0.4, -0.2) is 21.1 Å². The van der Waals surface area contributed by atoms with E-state index in [9.17, 15) is 4.79 Å². The van der Waals surface area contributed by atoms with Crippen LogP contribution in [0.1, 0.15) is 15.9 Å². The molecule has 2 aromatic carbocycles. The van der Waals surface area contributed by atoms with Gasteiger partial charge in [-0.1, -0.05) is 42.5 Å². The number of carbonyl (C=O) groups excluding carboxylic acids is 1. The topological polar surface area (TPSA) is 70.7 Å². The smallest absolute Gasteiger partial charge is 0.253 e. The van der Waals surface area contributed by atoms with Crippen LogP contribution in [0.5, 0.6) is 0 Å². The van der Waals surface area contributed by atoms with Gasteiger partial charge in [0.2, 0.25) is 0 Å². The number of aromatic amines is 1. The standard InChI is InChI=1S/C20H16N4O/c25-20(22-13-14-5-2-1-3-6-14)17-8-4-7-16-18(23-24-19(16)17)15-9-11-21-12-10-15/h1-12H,13H2,(H,22,25)(H,23,24). The molecule has 0 unspecified atom stereocenters. The monoisotopic (exact) mass is 328 g/mol. The van der Waals surface area contributed by atoms with E-state index < -0.39 is 0 Å².